The number of aliphatic hydroxyl groups is 1. The summed E-state index contributed by atoms with van der Waals surface area (Å²) in [5.74, 6) is 0.877. The van der Waals surface area contributed by atoms with Crippen molar-refractivity contribution in [3.63, 3.8) is 0 Å². The van der Waals surface area contributed by atoms with E-state index in [1.54, 1.807) is 11.9 Å². The number of hydrogen-bond acceptors (Lipinski definition) is 2. The van der Waals surface area contributed by atoms with Gasteiger partial charge in [0.05, 0.1) is 12.1 Å². The molecule has 2 atom stereocenters. The predicted molar refractivity (Wildman–Crippen MR) is 122 cm³/mol. The maximum absolute atomic E-state index is 13.7. The molecule has 0 bridgehead atoms. The molecule has 0 saturated carbocycles. The van der Waals surface area contributed by atoms with Gasteiger partial charge in [-0.15, -0.1) is 0 Å². The highest BCUT2D eigenvalue weighted by Gasteiger charge is 2.29. The molecule has 0 spiro atoms. The first-order chi connectivity index (χ1) is 13.6. The molecule has 0 saturated heterocycles. The highest BCUT2D eigenvalue weighted by atomic mass is 16.3. The van der Waals surface area contributed by atoms with Gasteiger partial charge >= 0.3 is 0 Å². The number of aliphatic hydroxyl groups excluding tert-OH is 1. The molecule has 3 nitrogen and oxygen atoms in total. The van der Waals surface area contributed by atoms with Crippen LogP contribution in [0.25, 0.3) is 0 Å². The molecule has 0 aliphatic heterocycles. The SMILES string of the molecule is CC(C)c1cc(C(C)C)c(C(=O)N(C)[C@H](C)[C@H](O)c2ccccc2)c(C(C)C)c1. The fraction of sp³-hybridized carbons (Fsp3) is 0.500. The minimum atomic E-state index is -0.731. The number of carbonyl (C=O) groups excluding carboxylic acids is 1. The molecule has 0 fully saturated rings. The topological polar surface area (TPSA) is 40.5 Å². The van der Waals surface area contributed by atoms with E-state index in [9.17, 15) is 9.90 Å². The van der Waals surface area contributed by atoms with Gasteiger partial charge in [-0.1, -0.05) is 84.0 Å². The first-order valence-electron chi connectivity index (χ1n) is 10.7. The smallest absolute Gasteiger partial charge is 0.254 e. The van der Waals surface area contributed by atoms with Crippen molar-refractivity contribution in [3.05, 3.63) is 70.3 Å². The van der Waals surface area contributed by atoms with Gasteiger partial charge in [-0.3, -0.25) is 4.79 Å². The van der Waals surface area contributed by atoms with Crippen LogP contribution in [-0.4, -0.2) is 29.0 Å². The monoisotopic (exact) mass is 395 g/mol. The van der Waals surface area contributed by atoms with Crippen LogP contribution in [0.15, 0.2) is 42.5 Å². The van der Waals surface area contributed by atoms with Crippen LogP contribution in [0, 0.1) is 0 Å². The van der Waals surface area contributed by atoms with E-state index < -0.39 is 6.10 Å². The lowest BCUT2D eigenvalue weighted by Gasteiger charge is -2.32. The normalized spacial score (nSPS) is 13.8. The summed E-state index contributed by atoms with van der Waals surface area (Å²) in [5.41, 5.74) is 5.09. The molecule has 1 amide bonds. The average molecular weight is 396 g/mol. The lowest BCUT2D eigenvalue weighted by atomic mass is 9.83. The summed E-state index contributed by atoms with van der Waals surface area (Å²) in [5, 5.41) is 10.8. The second kappa shape index (κ2) is 9.58. The van der Waals surface area contributed by atoms with E-state index in [-0.39, 0.29) is 23.8 Å². The molecule has 0 radical (unpaired) electrons. The highest BCUT2D eigenvalue weighted by Crippen LogP contribution is 2.33. The van der Waals surface area contributed by atoms with Crippen LogP contribution < -0.4 is 0 Å². The summed E-state index contributed by atoms with van der Waals surface area (Å²) in [4.78, 5) is 15.4. The van der Waals surface area contributed by atoms with Crippen molar-refractivity contribution in [1.29, 1.82) is 0 Å². The first kappa shape index (κ1) is 23.2. The number of amides is 1. The number of likely N-dealkylation sites (N-methyl/N-ethyl adjacent to an activating group) is 1. The molecule has 0 aliphatic rings. The summed E-state index contributed by atoms with van der Waals surface area (Å²) >= 11 is 0. The molecule has 0 aromatic heterocycles. The predicted octanol–water partition coefficient (Wildman–Crippen LogP) is 6.25. The zero-order valence-electron chi connectivity index (χ0n) is 19.2. The minimum absolute atomic E-state index is 0.0183. The fourth-order valence-corrected chi connectivity index (χ4v) is 3.70. The molecule has 29 heavy (non-hydrogen) atoms. The quantitative estimate of drug-likeness (QED) is 0.602. The summed E-state index contributed by atoms with van der Waals surface area (Å²) in [6, 6.07) is 13.6. The third kappa shape index (κ3) is 5.08. The highest BCUT2D eigenvalue weighted by molar-refractivity contribution is 5.98. The molecular formula is C26H37NO2. The molecular weight excluding hydrogens is 358 g/mol. The van der Waals surface area contributed by atoms with Crippen molar-refractivity contribution < 1.29 is 9.90 Å². The van der Waals surface area contributed by atoms with E-state index in [4.69, 9.17) is 0 Å². The van der Waals surface area contributed by atoms with E-state index in [1.165, 1.54) is 5.56 Å². The van der Waals surface area contributed by atoms with Crippen molar-refractivity contribution >= 4 is 5.91 Å². The minimum Gasteiger partial charge on any atom is -0.386 e. The van der Waals surface area contributed by atoms with Crippen LogP contribution in [-0.2, 0) is 0 Å². The van der Waals surface area contributed by atoms with Crippen LogP contribution in [0.3, 0.4) is 0 Å². The molecule has 0 unspecified atom stereocenters. The van der Waals surface area contributed by atoms with E-state index in [0.29, 0.717) is 5.92 Å². The maximum Gasteiger partial charge on any atom is 0.254 e. The van der Waals surface area contributed by atoms with Crippen LogP contribution in [0.2, 0.25) is 0 Å². The molecule has 2 aromatic rings. The molecule has 158 valence electrons. The maximum atomic E-state index is 13.7. The Bertz CT molecular complexity index is 795. The van der Waals surface area contributed by atoms with E-state index in [0.717, 1.165) is 22.3 Å². The average Bonchev–Trinajstić information content (AvgIpc) is 2.70. The van der Waals surface area contributed by atoms with Gasteiger partial charge in [0.2, 0.25) is 0 Å². The molecule has 0 aliphatic carbocycles. The van der Waals surface area contributed by atoms with Crippen molar-refractivity contribution in [2.75, 3.05) is 7.05 Å². The number of hydrogen-bond donors (Lipinski definition) is 1. The second-order valence-corrected chi connectivity index (χ2v) is 9.05. The van der Waals surface area contributed by atoms with Gasteiger partial charge in [-0.2, -0.15) is 0 Å². The van der Waals surface area contributed by atoms with Gasteiger partial charge in [-0.25, -0.2) is 0 Å². The molecule has 3 heteroatoms. The summed E-state index contributed by atoms with van der Waals surface area (Å²) in [7, 11) is 1.80. The van der Waals surface area contributed by atoms with Gasteiger partial charge in [-0.05, 0) is 46.9 Å². The third-order valence-corrected chi connectivity index (χ3v) is 5.88. The molecule has 2 aromatic carbocycles. The summed E-state index contributed by atoms with van der Waals surface area (Å²) in [6.07, 6.45) is -0.731. The largest absolute Gasteiger partial charge is 0.386 e. The Morgan fingerprint density at radius 2 is 1.28 bits per heavy atom. The zero-order valence-corrected chi connectivity index (χ0v) is 19.2. The lowest BCUT2D eigenvalue weighted by Crippen LogP contribution is -2.40. The summed E-state index contributed by atoms with van der Waals surface area (Å²) < 4.78 is 0. The number of nitrogens with zero attached hydrogens (tertiary/aromatic N) is 1. The van der Waals surface area contributed by atoms with E-state index in [1.807, 2.05) is 37.3 Å². The Labute approximate surface area is 176 Å². The van der Waals surface area contributed by atoms with Gasteiger partial charge < -0.3 is 10.0 Å². The summed E-state index contributed by atoms with van der Waals surface area (Å²) in [6.45, 7) is 14.9. The Hall–Kier alpha value is -2.13. The van der Waals surface area contributed by atoms with E-state index in [2.05, 4.69) is 53.7 Å². The number of carbonyl (C=O) groups is 1. The van der Waals surface area contributed by atoms with Crippen molar-refractivity contribution in [2.24, 2.45) is 0 Å². The Balaban J connectivity index is 2.50. The second-order valence-electron chi connectivity index (χ2n) is 9.05. The van der Waals surface area contributed by atoms with Crippen LogP contribution in [0.4, 0.5) is 0 Å². The van der Waals surface area contributed by atoms with Crippen molar-refractivity contribution in [1.82, 2.24) is 4.90 Å². The van der Waals surface area contributed by atoms with Gasteiger partial charge in [0, 0.05) is 12.6 Å². The number of rotatable bonds is 7. The number of benzene rings is 2. The fourth-order valence-electron chi connectivity index (χ4n) is 3.70. The van der Waals surface area contributed by atoms with Crippen molar-refractivity contribution in [3.8, 4) is 0 Å². The van der Waals surface area contributed by atoms with Crippen LogP contribution in [0.5, 0.6) is 0 Å². The third-order valence-electron chi connectivity index (χ3n) is 5.88. The Morgan fingerprint density at radius 1 is 0.793 bits per heavy atom. The molecule has 2 rings (SSSR count). The lowest BCUT2D eigenvalue weighted by molar-refractivity contribution is 0.0484. The van der Waals surface area contributed by atoms with Crippen LogP contribution in [0.1, 0.15) is 105 Å². The van der Waals surface area contributed by atoms with Gasteiger partial charge in [0.1, 0.15) is 0 Å². The molecule has 0 heterocycles. The zero-order chi connectivity index (χ0) is 21.9. The van der Waals surface area contributed by atoms with E-state index >= 15 is 0 Å². The van der Waals surface area contributed by atoms with Gasteiger partial charge in [0.15, 0.2) is 0 Å². The standard InChI is InChI=1S/C26H37NO2/c1-16(2)21-14-22(17(3)4)24(23(15-21)18(5)6)26(29)27(8)19(7)25(28)20-12-10-9-11-13-20/h9-19,25,28H,1-8H3/t19-,25+/m1/s1. The van der Waals surface area contributed by atoms with Crippen LogP contribution >= 0.6 is 0 Å². The van der Waals surface area contributed by atoms with Crippen molar-refractivity contribution in [2.45, 2.75) is 78.4 Å². The van der Waals surface area contributed by atoms with Gasteiger partial charge in [0.25, 0.3) is 5.91 Å². The Morgan fingerprint density at radius 3 is 1.69 bits per heavy atom. The molecule has 1 N–H and O–H groups in total. The Kier molecular flexibility index (Phi) is 7.65. The first-order valence-corrected chi connectivity index (χ1v) is 10.7.